The van der Waals surface area contributed by atoms with E-state index in [2.05, 4.69) is 49.4 Å². The molecule has 1 spiro atoms. The lowest BCUT2D eigenvalue weighted by Gasteiger charge is -2.42. The Morgan fingerprint density at radius 3 is 2.83 bits per heavy atom. The van der Waals surface area contributed by atoms with Crippen LogP contribution < -0.4 is 0 Å². The van der Waals surface area contributed by atoms with Crippen LogP contribution >= 0.6 is 0 Å². The van der Waals surface area contributed by atoms with Crippen LogP contribution in [0, 0.1) is 5.92 Å². The minimum Gasteiger partial charge on any atom is -0.370 e. The molecule has 1 aliphatic carbocycles. The van der Waals surface area contributed by atoms with E-state index in [1.807, 2.05) is 0 Å². The van der Waals surface area contributed by atoms with E-state index >= 15 is 0 Å². The summed E-state index contributed by atoms with van der Waals surface area (Å²) in [7, 11) is 0. The zero-order valence-corrected chi connectivity index (χ0v) is 14.2. The fraction of sp³-hybridized carbons (Fsp3) is 0.619. The van der Waals surface area contributed by atoms with Crippen molar-refractivity contribution in [3.63, 3.8) is 0 Å². The number of hydrogen-bond acceptors (Lipinski definition) is 2. The lowest BCUT2D eigenvalue weighted by molar-refractivity contribution is -0.131. The van der Waals surface area contributed by atoms with Crippen molar-refractivity contribution in [1.82, 2.24) is 0 Å². The molecule has 2 nitrogen and oxygen atoms in total. The van der Waals surface area contributed by atoms with E-state index in [1.165, 1.54) is 44.1 Å². The summed E-state index contributed by atoms with van der Waals surface area (Å²) in [6, 6.07) is 10.5. The Morgan fingerprint density at radius 1 is 1.13 bits per heavy atom. The highest BCUT2D eigenvalue weighted by molar-refractivity contribution is 5.22. The van der Waals surface area contributed by atoms with Gasteiger partial charge in [0, 0.05) is 12.3 Å². The molecule has 0 amide bonds. The van der Waals surface area contributed by atoms with Crippen LogP contribution in [-0.2, 0) is 16.1 Å². The second-order valence-corrected chi connectivity index (χ2v) is 7.76. The predicted molar refractivity (Wildman–Crippen MR) is 92.2 cm³/mol. The van der Waals surface area contributed by atoms with Gasteiger partial charge in [-0.15, -0.1) is 0 Å². The van der Waals surface area contributed by atoms with Gasteiger partial charge in [-0.1, -0.05) is 68.2 Å². The van der Waals surface area contributed by atoms with Crippen molar-refractivity contribution in [2.24, 2.45) is 5.92 Å². The molecule has 2 heteroatoms. The van der Waals surface area contributed by atoms with Gasteiger partial charge in [0.05, 0.1) is 18.3 Å². The summed E-state index contributed by atoms with van der Waals surface area (Å²) in [6.07, 6.45) is 13.8. The topological polar surface area (TPSA) is 18.5 Å². The summed E-state index contributed by atoms with van der Waals surface area (Å²) < 4.78 is 13.0. The van der Waals surface area contributed by atoms with Crippen molar-refractivity contribution < 1.29 is 9.47 Å². The molecule has 1 saturated carbocycles. The van der Waals surface area contributed by atoms with Crippen molar-refractivity contribution in [3.05, 3.63) is 48.0 Å². The van der Waals surface area contributed by atoms with E-state index in [4.69, 9.17) is 9.47 Å². The van der Waals surface area contributed by atoms with Crippen molar-refractivity contribution >= 4 is 0 Å². The lowest BCUT2D eigenvalue weighted by atomic mass is 9.76. The Labute approximate surface area is 139 Å². The Hall–Kier alpha value is -1.12. The quantitative estimate of drug-likeness (QED) is 0.729. The molecule has 4 rings (SSSR count). The molecule has 1 unspecified atom stereocenters. The molecular formula is C21H28O2. The standard InChI is InChI=1S/C21H28O2/c1-20-14-12-18-11-7-2-3-8-13-21(18,23-20)15-19(20)22-16-17-9-5-4-6-10-17/h4-6,9-10,12,14,18-19H,2-3,7-8,11,13,15-16H2,1H3/t18?,19-,20+,21+/m1/s1. The van der Waals surface area contributed by atoms with Gasteiger partial charge < -0.3 is 9.47 Å². The van der Waals surface area contributed by atoms with Crippen LogP contribution in [0.15, 0.2) is 42.5 Å². The molecule has 0 aromatic heterocycles. The van der Waals surface area contributed by atoms with Gasteiger partial charge in [0.15, 0.2) is 0 Å². The Morgan fingerprint density at radius 2 is 1.96 bits per heavy atom. The smallest absolute Gasteiger partial charge is 0.110 e. The number of ether oxygens (including phenoxy) is 2. The van der Waals surface area contributed by atoms with Crippen LogP contribution in [0.3, 0.4) is 0 Å². The van der Waals surface area contributed by atoms with Gasteiger partial charge in [-0.25, -0.2) is 0 Å². The molecule has 4 atom stereocenters. The van der Waals surface area contributed by atoms with Crippen LogP contribution in [0.2, 0.25) is 0 Å². The maximum atomic E-state index is 6.70. The normalized spacial score (nSPS) is 39.5. The first kappa shape index (κ1) is 15.4. The first-order valence-electron chi connectivity index (χ1n) is 9.25. The molecule has 1 aromatic rings. The minimum absolute atomic E-state index is 0.0330. The average molecular weight is 312 g/mol. The second-order valence-electron chi connectivity index (χ2n) is 7.76. The van der Waals surface area contributed by atoms with Gasteiger partial charge in [0.1, 0.15) is 5.60 Å². The minimum atomic E-state index is -0.246. The van der Waals surface area contributed by atoms with Gasteiger partial charge in [0.25, 0.3) is 0 Å². The summed E-state index contributed by atoms with van der Waals surface area (Å²) in [5.41, 5.74) is 1.03. The highest BCUT2D eigenvalue weighted by atomic mass is 16.6. The number of benzene rings is 1. The summed E-state index contributed by atoms with van der Waals surface area (Å²) >= 11 is 0. The van der Waals surface area contributed by atoms with Gasteiger partial charge in [-0.2, -0.15) is 0 Å². The number of fused-ring (bicyclic) bond motifs is 1. The SMILES string of the molecule is C[C@]12C=CC3CCCCCC[C@@]3(C[C@H]1OCc1ccccc1)O2. The summed E-state index contributed by atoms with van der Waals surface area (Å²) in [6.45, 7) is 2.89. The molecule has 0 N–H and O–H groups in total. The second kappa shape index (κ2) is 6.07. The molecule has 0 radical (unpaired) electrons. The largest absolute Gasteiger partial charge is 0.370 e. The number of rotatable bonds is 3. The molecule has 2 heterocycles. The van der Waals surface area contributed by atoms with Crippen LogP contribution in [0.5, 0.6) is 0 Å². The van der Waals surface area contributed by atoms with Crippen molar-refractivity contribution in [2.75, 3.05) is 0 Å². The molecule has 2 fully saturated rings. The summed E-state index contributed by atoms with van der Waals surface area (Å²) in [4.78, 5) is 0. The Balaban J connectivity index is 1.51. The third-order valence-corrected chi connectivity index (χ3v) is 6.09. The monoisotopic (exact) mass is 312 g/mol. The van der Waals surface area contributed by atoms with E-state index in [0.29, 0.717) is 12.5 Å². The number of hydrogen-bond donors (Lipinski definition) is 0. The van der Waals surface area contributed by atoms with Crippen LogP contribution in [0.25, 0.3) is 0 Å². The molecule has 1 saturated heterocycles. The van der Waals surface area contributed by atoms with E-state index in [9.17, 15) is 0 Å². The van der Waals surface area contributed by atoms with Gasteiger partial charge in [-0.3, -0.25) is 0 Å². The first-order valence-corrected chi connectivity index (χ1v) is 9.25. The molecule has 124 valence electrons. The zero-order valence-electron chi connectivity index (χ0n) is 14.2. The predicted octanol–water partition coefficient (Wildman–Crippen LogP) is 5.03. The average Bonchev–Trinajstić information content (AvgIpc) is 2.78. The lowest BCUT2D eigenvalue weighted by Crippen LogP contribution is -2.44. The van der Waals surface area contributed by atoms with Crippen LogP contribution in [0.1, 0.15) is 57.4 Å². The Bertz CT molecular complexity index is 566. The van der Waals surface area contributed by atoms with Crippen molar-refractivity contribution in [1.29, 1.82) is 0 Å². The van der Waals surface area contributed by atoms with Crippen molar-refractivity contribution in [2.45, 2.75) is 75.8 Å². The maximum absolute atomic E-state index is 6.70. The third-order valence-electron chi connectivity index (χ3n) is 6.09. The first-order chi connectivity index (χ1) is 11.2. The van der Waals surface area contributed by atoms with E-state index in [1.54, 1.807) is 0 Å². The molecular weight excluding hydrogens is 284 g/mol. The molecule has 1 aromatic carbocycles. The van der Waals surface area contributed by atoms with Crippen LogP contribution in [0.4, 0.5) is 0 Å². The fourth-order valence-electron chi connectivity index (χ4n) is 4.75. The Kier molecular flexibility index (Phi) is 4.07. The highest BCUT2D eigenvalue weighted by Gasteiger charge is 2.57. The fourth-order valence-corrected chi connectivity index (χ4v) is 4.75. The van der Waals surface area contributed by atoms with Gasteiger partial charge in [-0.05, 0) is 25.3 Å². The van der Waals surface area contributed by atoms with E-state index in [0.717, 1.165) is 6.42 Å². The molecule has 2 bridgehead atoms. The van der Waals surface area contributed by atoms with E-state index < -0.39 is 0 Å². The maximum Gasteiger partial charge on any atom is 0.110 e. The van der Waals surface area contributed by atoms with Crippen molar-refractivity contribution in [3.8, 4) is 0 Å². The zero-order chi connectivity index (χ0) is 15.8. The molecule has 3 aliphatic rings. The summed E-state index contributed by atoms with van der Waals surface area (Å²) in [5, 5.41) is 0. The third kappa shape index (κ3) is 2.88. The van der Waals surface area contributed by atoms with E-state index in [-0.39, 0.29) is 17.3 Å². The molecule has 2 aliphatic heterocycles. The summed E-state index contributed by atoms with van der Waals surface area (Å²) in [5.74, 6) is 0.584. The van der Waals surface area contributed by atoms with Gasteiger partial charge >= 0.3 is 0 Å². The molecule has 23 heavy (non-hydrogen) atoms. The van der Waals surface area contributed by atoms with Gasteiger partial charge in [0.2, 0.25) is 0 Å². The highest BCUT2D eigenvalue weighted by Crippen LogP contribution is 2.53. The van der Waals surface area contributed by atoms with Crippen LogP contribution in [-0.4, -0.2) is 17.3 Å².